The summed E-state index contributed by atoms with van der Waals surface area (Å²) in [6, 6.07) is 9.42. The normalized spacial score (nSPS) is 10.5. The van der Waals surface area contributed by atoms with E-state index >= 15 is 0 Å². The number of benzene rings is 2. The molecule has 0 aliphatic carbocycles. The third-order valence-corrected chi connectivity index (χ3v) is 4.71. The molecule has 0 spiro atoms. The van der Waals surface area contributed by atoms with E-state index in [-0.39, 0.29) is 10.6 Å². The first kappa shape index (κ1) is 16.0. The second-order valence-electron chi connectivity index (χ2n) is 4.81. The van der Waals surface area contributed by atoms with Crippen LogP contribution in [0.4, 0.5) is 11.4 Å². The number of aryl methyl sites for hydroxylation is 2. The van der Waals surface area contributed by atoms with Gasteiger partial charge in [0.1, 0.15) is 0 Å². The van der Waals surface area contributed by atoms with Crippen molar-refractivity contribution in [1.82, 2.24) is 0 Å². The maximum absolute atomic E-state index is 11.0. The lowest BCUT2D eigenvalue weighted by molar-refractivity contribution is -0.385. The largest absolute Gasteiger partial charge is 0.380 e. The quantitative estimate of drug-likeness (QED) is 0.542. The molecule has 0 bridgehead atoms. The van der Waals surface area contributed by atoms with Gasteiger partial charge in [0.25, 0.3) is 5.69 Å². The summed E-state index contributed by atoms with van der Waals surface area (Å²) in [4.78, 5) is 10.6. The molecular weight excluding hydrogens is 400 g/mol. The number of hydrogen-bond donors (Lipinski definition) is 1. The van der Waals surface area contributed by atoms with E-state index in [9.17, 15) is 10.1 Å². The van der Waals surface area contributed by atoms with Gasteiger partial charge in [-0.25, -0.2) is 0 Å². The van der Waals surface area contributed by atoms with Crippen LogP contribution in [0.15, 0.2) is 39.3 Å². The highest BCUT2D eigenvalue weighted by atomic mass is 79.9. The first-order valence-electron chi connectivity index (χ1n) is 6.32. The minimum absolute atomic E-state index is 0.116. The van der Waals surface area contributed by atoms with Crippen molar-refractivity contribution in [2.24, 2.45) is 0 Å². The molecule has 0 aliphatic rings. The van der Waals surface area contributed by atoms with Gasteiger partial charge in [0, 0.05) is 27.1 Å². The van der Waals surface area contributed by atoms with Crippen LogP contribution in [-0.2, 0) is 6.54 Å². The first-order valence-corrected chi connectivity index (χ1v) is 7.90. The van der Waals surface area contributed by atoms with Crippen molar-refractivity contribution in [3.63, 3.8) is 0 Å². The topological polar surface area (TPSA) is 55.2 Å². The van der Waals surface area contributed by atoms with Gasteiger partial charge in [-0.1, -0.05) is 28.1 Å². The van der Waals surface area contributed by atoms with Crippen LogP contribution < -0.4 is 5.32 Å². The molecule has 0 unspecified atom stereocenters. The van der Waals surface area contributed by atoms with Crippen LogP contribution in [0.5, 0.6) is 0 Å². The van der Waals surface area contributed by atoms with Crippen LogP contribution in [0.1, 0.15) is 16.7 Å². The summed E-state index contributed by atoms with van der Waals surface area (Å²) in [7, 11) is 0. The average Bonchev–Trinajstić information content (AvgIpc) is 2.41. The van der Waals surface area contributed by atoms with Gasteiger partial charge in [-0.3, -0.25) is 10.1 Å². The van der Waals surface area contributed by atoms with Crippen molar-refractivity contribution in [2.75, 3.05) is 5.32 Å². The molecule has 0 atom stereocenters. The lowest BCUT2D eigenvalue weighted by Crippen LogP contribution is -2.02. The molecule has 0 saturated carbocycles. The highest BCUT2D eigenvalue weighted by molar-refractivity contribution is 9.10. The molecule has 0 aromatic heterocycles. The van der Waals surface area contributed by atoms with Crippen LogP contribution in [0, 0.1) is 24.0 Å². The van der Waals surface area contributed by atoms with Crippen LogP contribution >= 0.6 is 31.9 Å². The molecule has 21 heavy (non-hydrogen) atoms. The maximum Gasteiger partial charge on any atom is 0.274 e. The van der Waals surface area contributed by atoms with E-state index in [0.717, 1.165) is 14.5 Å². The monoisotopic (exact) mass is 412 g/mol. The van der Waals surface area contributed by atoms with Gasteiger partial charge in [0.05, 0.1) is 10.6 Å². The van der Waals surface area contributed by atoms with Crippen LogP contribution in [0.25, 0.3) is 0 Å². The molecule has 110 valence electrons. The fourth-order valence-corrected chi connectivity index (χ4v) is 2.96. The summed E-state index contributed by atoms with van der Waals surface area (Å²) in [5.74, 6) is 0. The highest BCUT2D eigenvalue weighted by Crippen LogP contribution is 2.31. The number of hydrogen-bond acceptors (Lipinski definition) is 3. The van der Waals surface area contributed by atoms with Gasteiger partial charge < -0.3 is 5.32 Å². The fourth-order valence-electron chi connectivity index (χ4n) is 1.94. The number of nitrogens with one attached hydrogen (secondary N) is 1. The van der Waals surface area contributed by atoms with E-state index in [4.69, 9.17) is 0 Å². The van der Waals surface area contributed by atoms with Gasteiger partial charge in [-0.2, -0.15) is 0 Å². The first-order chi connectivity index (χ1) is 9.88. The lowest BCUT2D eigenvalue weighted by atomic mass is 10.1. The Balaban J connectivity index is 2.21. The van der Waals surface area contributed by atoms with E-state index in [1.807, 2.05) is 25.1 Å². The Morgan fingerprint density at radius 3 is 2.43 bits per heavy atom. The van der Waals surface area contributed by atoms with Gasteiger partial charge >= 0.3 is 0 Å². The Hall–Kier alpha value is -1.40. The van der Waals surface area contributed by atoms with Gasteiger partial charge in [0.2, 0.25) is 0 Å². The van der Waals surface area contributed by atoms with Crippen molar-refractivity contribution in [3.05, 3.63) is 66.1 Å². The third kappa shape index (κ3) is 3.83. The van der Waals surface area contributed by atoms with Crippen molar-refractivity contribution >= 4 is 43.2 Å². The SMILES string of the molecule is Cc1ccc(CNc2cc([N+](=O)[O-])c(C)cc2Br)cc1Br. The Kier molecular flexibility index (Phi) is 5.00. The fraction of sp³-hybridized carbons (Fsp3) is 0.200. The minimum atomic E-state index is -0.366. The molecular formula is C15H14Br2N2O2. The molecule has 0 amide bonds. The van der Waals surface area contributed by atoms with Crippen molar-refractivity contribution in [3.8, 4) is 0 Å². The van der Waals surface area contributed by atoms with Crippen molar-refractivity contribution in [1.29, 1.82) is 0 Å². The van der Waals surface area contributed by atoms with Gasteiger partial charge in [-0.05, 0) is 53.0 Å². The predicted molar refractivity (Wildman–Crippen MR) is 91.7 cm³/mol. The van der Waals surface area contributed by atoms with E-state index < -0.39 is 0 Å². The molecule has 6 heteroatoms. The Labute approximate surface area is 140 Å². The zero-order chi connectivity index (χ0) is 15.6. The summed E-state index contributed by atoms with van der Waals surface area (Å²) in [5.41, 5.74) is 3.73. The number of nitro groups is 1. The number of nitro benzene ring substituents is 1. The highest BCUT2D eigenvalue weighted by Gasteiger charge is 2.14. The molecule has 0 radical (unpaired) electrons. The molecule has 0 saturated heterocycles. The zero-order valence-corrected chi connectivity index (χ0v) is 14.8. The molecule has 4 nitrogen and oxygen atoms in total. The van der Waals surface area contributed by atoms with Gasteiger partial charge in [-0.15, -0.1) is 0 Å². The molecule has 0 fully saturated rings. The summed E-state index contributed by atoms with van der Waals surface area (Å²) in [6.07, 6.45) is 0. The minimum Gasteiger partial charge on any atom is -0.380 e. The van der Waals surface area contributed by atoms with Crippen LogP contribution in [0.2, 0.25) is 0 Å². The molecule has 0 heterocycles. The molecule has 1 N–H and O–H groups in total. The van der Waals surface area contributed by atoms with E-state index in [1.54, 1.807) is 19.1 Å². The van der Waals surface area contributed by atoms with Crippen LogP contribution in [-0.4, -0.2) is 4.92 Å². The zero-order valence-electron chi connectivity index (χ0n) is 11.6. The Morgan fingerprint density at radius 2 is 1.81 bits per heavy atom. The van der Waals surface area contributed by atoms with Crippen LogP contribution in [0.3, 0.4) is 0 Å². The number of rotatable bonds is 4. The van der Waals surface area contributed by atoms with E-state index in [1.165, 1.54) is 5.56 Å². The van der Waals surface area contributed by atoms with Crippen molar-refractivity contribution in [2.45, 2.75) is 20.4 Å². The smallest absolute Gasteiger partial charge is 0.274 e. The number of anilines is 1. The molecule has 2 aromatic rings. The average molecular weight is 414 g/mol. The second kappa shape index (κ2) is 6.58. The summed E-state index contributed by atoms with van der Waals surface area (Å²) < 4.78 is 1.87. The molecule has 2 rings (SSSR count). The standard InChI is InChI=1S/C15H14Br2N2O2/c1-9-3-4-11(6-12(9)16)8-18-14-7-15(19(20)21)10(2)5-13(14)17/h3-7,18H,8H2,1-2H3. The summed E-state index contributed by atoms with van der Waals surface area (Å²) in [5, 5.41) is 14.2. The maximum atomic E-state index is 11.0. The van der Waals surface area contributed by atoms with E-state index in [2.05, 4.69) is 37.2 Å². The Morgan fingerprint density at radius 1 is 1.10 bits per heavy atom. The van der Waals surface area contributed by atoms with E-state index in [0.29, 0.717) is 17.8 Å². The second-order valence-corrected chi connectivity index (χ2v) is 6.52. The molecule has 0 aliphatic heterocycles. The third-order valence-electron chi connectivity index (χ3n) is 3.20. The lowest BCUT2D eigenvalue weighted by Gasteiger charge is -2.11. The van der Waals surface area contributed by atoms with Gasteiger partial charge in [0.15, 0.2) is 0 Å². The van der Waals surface area contributed by atoms with Crippen molar-refractivity contribution < 1.29 is 4.92 Å². The molecule has 2 aromatic carbocycles. The number of halogens is 2. The predicted octanol–water partition coefficient (Wildman–Crippen LogP) is 5.35. The summed E-state index contributed by atoms with van der Waals surface area (Å²) in [6.45, 7) is 4.35. The number of nitrogens with zero attached hydrogens (tertiary/aromatic N) is 1. The summed E-state index contributed by atoms with van der Waals surface area (Å²) >= 11 is 6.94. The Bertz CT molecular complexity index is 702.